The van der Waals surface area contributed by atoms with E-state index in [0.717, 1.165) is 5.56 Å². The molecule has 0 bridgehead atoms. The molecule has 1 aromatic heterocycles. The fourth-order valence-electron chi connectivity index (χ4n) is 2.39. The summed E-state index contributed by atoms with van der Waals surface area (Å²) >= 11 is 0. The Kier molecular flexibility index (Phi) is 3.89. The number of carbonyl (C=O) groups excluding carboxylic acids is 1. The van der Waals surface area contributed by atoms with Gasteiger partial charge in [-0.25, -0.2) is 0 Å². The molecule has 0 N–H and O–H groups in total. The quantitative estimate of drug-likeness (QED) is 0.464. The average molecular weight is 261 g/mol. The number of carbonyl (C=O) groups is 1. The Balaban J connectivity index is 2.26. The van der Waals surface area contributed by atoms with Crippen molar-refractivity contribution in [3.63, 3.8) is 0 Å². The first kappa shape index (κ1) is 13.2. The molecule has 0 saturated carbocycles. The maximum Gasteiger partial charge on any atom is 0.237 e. The molecule has 2 atom stereocenters. The van der Waals surface area contributed by atoms with Crippen LogP contribution in [0.25, 0.3) is 0 Å². The van der Waals surface area contributed by atoms with Gasteiger partial charge in [0.25, 0.3) is 0 Å². The monoisotopic (exact) mass is 261 g/mol. The van der Waals surface area contributed by atoms with Gasteiger partial charge in [-0.3, -0.25) is 19.9 Å². The molecule has 0 unspecified atom stereocenters. The van der Waals surface area contributed by atoms with E-state index in [-0.39, 0.29) is 23.8 Å². The van der Waals surface area contributed by atoms with Crippen molar-refractivity contribution in [3.8, 4) is 0 Å². The van der Waals surface area contributed by atoms with E-state index in [1.807, 2.05) is 0 Å². The second kappa shape index (κ2) is 5.60. The zero-order valence-corrected chi connectivity index (χ0v) is 10.4. The van der Waals surface area contributed by atoms with Crippen LogP contribution in [0.5, 0.6) is 0 Å². The average Bonchev–Trinajstić information content (AvgIpc) is 2.41. The second-order valence-electron chi connectivity index (χ2n) is 4.54. The number of hydrogen-bond donors (Lipinski definition) is 0. The smallest absolute Gasteiger partial charge is 0.237 e. The van der Waals surface area contributed by atoms with Gasteiger partial charge in [-0.1, -0.05) is 12.1 Å². The summed E-state index contributed by atoms with van der Waals surface area (Å²) in [5.41, 5.74) is 0.746. The van der Waals surface area contributed by atoms with Crippen molar-refractivity contribution in [2.24, 2.45) is 0 Å². The number of aromatic nitrogens is 1. The number of amides is 1. The van der Waals surface area contributed by atoms with E-state index in [2.05, 4.69) is 11.6 Å². The first-order valence-corrected chi connectivity index (χ1v) is 6.05. The lowest BCUT2D eigenvalue weighted by Crippen LogP contribution is -2.49. The number of nitrogens with zero attached hydrogens (tertiary/aromatic N) is 3. The molecule has 2 rings (SSSR count). The molecule has 6 heteroatoms. The Hall–Kier alpha value is -2.24. The summed E-state index contributed by atoms with van der Waals surface area (Å²) in [5.74, 6) is -0.482. The third kappa shape index (κ3) is 2.78. The van der Waals surface area contributed by atoms with Crippen LogP contribution in [0.15, 0.2) is 37.2 Å². The Morgan fingerprint density at radius 3 is 3.00 bits per heavy atom. The molecule has 2 heterocycles. The van der Waals surface area contributed by atoms with Crippen molar-refractivity contribution in [2.75, 3.05) is 13.1 Å². The molecule has 1 aromatic rings. The predicted octanol–water partition coefficient (Wildman–Crippen LogP) is 1.23. The predicted molar refractivity (Wildman–Crippen MR) is 69.2 cm³/mol. The van der Waals surface area contributed by atoms with E-state index in [9.17, 15) is 14.9 Å². The summed E-state index contributed by atoms with van der Waals surface area (Å²) in [6, 6.07) is 2.72. The van der Waals surface area contributed by atoms with Gasteiger partial charge in [-0.2, -0.15) is 0 Å². The molecule has 100 valence electrons. The Bertz CT molecular complexity index is 489. The summed E-state index contributed by atoms with van der Waals surface area (Å²) in [7, 11) is 0. The number of hydrogen-bond acceptors (Lipinski definition) is 4. The lowest BCUT2D eigenvalue weighted by molar-refractivity contribution is -0.528. The molecular weight excluding hydrogens is 246 g/mol. The lowest BCUT2D eigenvalue weighted by Gasteiger charge is -2.33. The topological polar surface area (TPSA) is 76.3 Å². The van der Waals surface area contributed by atoms with Crippen LogP contribution in [0, 0.1) is 10.1 Å². The summed E-state index contributed by atoms with van der Waals surface area (Å²) in [5, 5.41) is 11.2. The Morgan fingerprint density at radius 1 is 1.63 bits per heavy atom. The van der Waals surface area contributed by atoms with Crippen LogP contribution in [0.3, 0.4) is 0 Å². The first-order chi connectivity index (χ1) is 9.13. The Labute approximate surface area is 110 Å². The van der Waals surface area contributed by atoms with Crippen molar-refractivity contribution >= 4 is 5.91 Å². The van der Waals surface area contributed by atoms with Gasteiger partial charge in [-0.05, 0) is 11.6 Å². The van der Waals surface area contributed by atoms with Crippen LogP contribution in [0.4, 0.5) is 0 Å². The molecule has 0 radical (unpaired) electrons. The van der Waals surface area contributed by atoms with E-state index < -0.39 is 12.0 Å². The van der Waals surface area contributed by atoms with Gasteiger partial charge in [-0.15, -0.1) is 6.58 Å². The van der Waals surface area contributed by atoms with Crippen molar-refractivity contribution in [3.05, 3.63) is 52.9 Å². The molecule has 0 aromatic carbocycles. The van der Waals surface area contributed by atoms with Crippen molar-refractivity contribution < 1.29 is 9.72 Å². The second-order valence-corrected chi connectivity index (χ2v) is 4.54. The highest BCUT2D eigenvalue weighted by molar-refractivity contribution is 5.78. The third-order valence-electron chi connectivity index (χ3n) is 3.35. The minimum atomic E-state index is -0.790. The third-order valence-corrected chi connectivity index (χ3v) is 3.35. The molecule has 6 nitrogen and oxygen atoms in total. The zero-order chi connectivity index (χ0) is 13.8. The molecule has 19 heavy (non-hydrogen) atoms. The highest BCUT2D eigenvalue weighted by atomic mass is 16.6. The van der Waals surface area contributed by atoms with E-state index >= 15 is 0 Å². The van der Waals surface area contributed by atoms with Crippen molar-refractivity contribution in [2.45, 2.75) is 18.4 Å². The van der Waals surface area contributed by atoms with Gasteiger partial charge < -0.3 is 4.90 Å². The number of likely N-dealkylation sites (tertiary alicyclic amines) is 1. The molecular formula is C13H15N3O3. The molecule has 1 aliphatic heterocycles. The molecule has 1 aliphatic rings. The first-order valence-electron chi connectivity index (χ1n) is 6.05. The maximum absolute atomic E-state index is 12.0. The van der Waals surface area contributed by atoms with Gasteiger partial charge in [0, 0.05) is 30.3 Å². The number of pyridine rings is 1. The van der Waals surface area contributed by atoms with Crippen LogP contribution >= 0.6 is 0 Å². The molecule has 0 spiro atoms. The Morgan fingerprint density at radius 2 is 2.42 bits per heavy atom. The van der Waals surface area contributed by atoms with Gasteiger partial charge in [0.05, 0.1) is 12.5 Å². The van der Waals surface area contributed by atoms with Gasteiger partial charge in [0.15, 0.2) is 0 Å². The van der Waals surface area contributed by atoms with E-state index in [1.54, 1.807) is 30.6 Å². The standard InChI is InChI=1S/C13H15N3O3/c1-2-6-15-9-12(16(18)19)11(7-13(15)17)10-4-3-5-14-8-10/h2-5,8,11-12H,1,6-7,9H2/t11-,12-/m1/s1. The van der Waals surface area contributed by atoms with Gasteiger partial charge in [0.1, 0.15) is 0 Å². The summed E-state index contributed by atoms with van der Waals surface area (Å²) in [4.78, 5) is 28.3. The number of piperidine rings is 1. The normalized spacial score (nSPS) is 23.2. The van der Waals surface area contributed by atoms with Crippen LogP contribution < -0.4 is 0 Å². The summed E-state index contributed by atoms with van der Waals surface area (Å²) in [6.07, 6.45) is 4.93. The molecule has 1 fully saturated rings. The highest BCUT2D eigenvalue weighted by Gasteiger charge is 2.41. The van der Waals surface area contributed by atoms with Gasteiger partial charge >= 0.3 is 0 Å². The van der Waals surface area contributed by atoms with Crippen LogP contribution in [-0.2, 0) is 4.79 Å². The maximum atomic E-state index is 12.0. The minimum Gasteiger partial charge on any atom is -0.332 e. The summed E-state index contributed by atoms with van der Waals surface area (Å²) < 4.78 is 0. The lowest BCUT2D eigenvalue weighted by atomic mass is 9.86. The van der Waals surface area contributed by atoms with Gasteiger partial charge in [0.2, 0.25) is 11.9 Å². The van der Waals surface area contributed by atoms with Crippen molar-refractivity contribution in [1.82, 2.24) is 9.88 Å². The van der Waals surface area contributed by atoms with E-state index in [0.29, 0.717) is 6.54 Å². The molecule has 1 saturated heterocycles. The molecule has 1 amide bonds. The minimum absolute atomic E-state index is 0.0770. The largest absolute Gasteiger partial charge is 0.332 e. The van der Waals surface area contributed by atoms with Crippen LogP contribution in [0.2, 0.25) is 0 Å². The van der Waals surface area contributed by atoms with Crippen LogP contribution in [0.1, 0.15) is 17.9 Å². The fourth-order valence-corrected chi connectivity index (χ4v) is 2.39. The fraction of sp³-hybridized carbons (Fsp3) is 0.385. The number of nitro groups is 1. The van der Waals surface area contributed by atoms with E-state index in [4.69, 9.17) is 0 Å². The summed E-state index contributed by atoms with van der Waals surface area (Å²) in [6.45, 7) is 4.04. The van der Waals surface area contributed by atoms with Crippen molar-refractivity contribution in [1.29, 1.82) is 0 Å². The zero-order valence-electron chi connectivity index (χ0n) is 10.4. The SMILES string of the molecule is C=CCN1C[C@@H]([N+](=O)[O-])[C@@H](c2cccnc2)CC1=O. The highest BCUT2D eigenvalue weighted by Crippen LogP contribution is 2.30. The number of rotatable bonds is 4. The van der Waals surface area contributed by atoms with E-state index in [1.165, 1.54) is 4.90 Å². The molecule has 0 aliphatic carbocycles. The van der Waals surface area contributed by atoms with Crippen LogP contribution in [-0.4, -0.2) is 39.8 Å².